The average molecular weight is 263 g/mol. The Kier molecular flexibility index (Phi) is 4.05. The molecule has 1 aromatic heterocycles. The van der Waals surface area contributed by atoms with Crippen LogP contribution in [0.25, 0.3) is 0 Å². The molecule has 2 heteroatoms. The lowest BCUT2D eigenvalue weighted by molar-refractivity contribution is 0.257. The Morgan fingerprint density at radius 1 is 1.17 bits per heavy atom. The lowest BCUT2D eigenvalue weighted by Gasteiger charge is -2.33. The van der Waals surface area contributed by atoms with E-state index in [1.54, 1.807) is 10.4 Å². The fraction of sp³-hybridized carbons (Fsp3) is 0.750. The number of hydrogen-bond donors (Lipinski definition) is 1. The first kappa shape index (κ1) is 12.7. The van der Waals surface area contributed by atoms with Gasteiger partial charge < -0.3 is 5.32 Å². The maximum absolute atomic E-state index is 3.94. The van der Waals surface area contributed by atoms with Crippen LogP contribution in [0.1, 0.15) is 68.4 Å². The van der Waals surface area contributed by atoms with Crippen LogP contribution in [0.2, 0.25) is 0 Å². The van der Waals surface area contributed by atoms with Gasteiger partial charge in [0.25, 0.3) is 0 Å². The molecule has 2 unspecified atom stereocenters. The monoisotopic (exact) mass is 263 g/mol. The van der Waals surface area contributed by atoms with Gasteiger partial charge in [-0.2, -0.15) is 0 Å². The SMILES string of the molecule is CC(NC1CCCc2sccc21)C1CCCCC1. The van der Waals surface area contributed by atoms with Gasteiger partial charge in [0.2, 0.25) is 0 Å². The van der Waals surface area contributed by atoms with E-state index < -0.39 is 0 Å². The van der Waals surface area contributed by atoms with Gasteiger partial charge in [-0.1, -0.05) is 19.3 Å². The summed E-state index contributed by atoms with van der Waals surface area (Å²) in [6, 6.07) is 3.68. The highest BCUT2D eigenvalue weighted by Crippen LogP contribution is 2.35. The summed E-state index contributed by atoms with van der Waals surface area (Å²) in [6.45, 7) is 2.41. The minimum absolute atomic E-state index is 0.636. The molecule has 2 atom stereocenters. The molecule has 0 bridgehead atoms. The maximum Gasteiger partial charge on any atom is 0.0333 e. The summed E-state index contributed by atoms with van der Waals surface area (Å²) in [6.07, 6.45) is 11.2. The highest BCUT2D eigenvalue weighted by Gasteiger charge is 2.26. The van der Waals surface area contributed by atoms with E-state index in [4.69, 9.17) is 0 Å². The van der Waals surface area contributed by atoms with E-state index >= 15 is 0 Å². The fourth-order valence-electron chi connectivity index (χ4n) is 3.75. The van der Waals surface area contributed by atoms with Crippen LogP contribution < -0.4 is 5.32 Å². The molecule has 0 amide bonds. The second kappa shape index (κ2) is 5.75. The third-order valence-electron chi connectivity index (χ3n) is 4.87. The third kappa shape index (κ3) is 2.65. The zero-order valence-electron chi connectivity index (χ0n) is 11.5. The van der Waals surface area contributed by atoms with Crippen molar-refractivity contribution in [3.8, 4) is 0 Å². The topological polar surface area (TPSA) is 12.0 Å². The minimum atomic E-state index is 0.636. The molecule has 1 fully saturated rings. The molecule has 0 aromatic carbocycles. The van der Waals surface area contributed by atoms with E-state index in [9.17, 15) is 0 Å². The Bertz CT molecular complexity index is 378. The van der Waals surface area contributed by atoms with Gasteiger partial charge >= 0.3 is 0 Å². The van der Waals surface area contributed by atoms with Crippen molar-refractivity contribution < 1.29 is 0 Å². The molecular formula is C16H25NS. The van der Waals surface area contributed by atoms with Gasteiger partial charge in [0.05, 0.1) is 0 Å². The van der Waals surface area contributed by atoms with Gasteiger partial charge in [-0.3, -0.25) is 0 Å². The Hall–Kier alpha value is -0.340. The zero-order chi connectivity index (χ0) is 12.4. The van der Waals surface area contributed by atoms with Gasteiger partial charge in [0.15, 0.2) is 0 Å². The quantitative estimate of drug-likeness (QED) is 0.834. The lowest BCUT2D eigenvalue weighted by Crippen LogP contribution is -2.38. The Morgan fingerprint density at radius 3 is 2.83 bits per heavy atom. The number of aryl methyl sites for hydroxylation is 1. The number of nitrogens with one attached hydrogen (secondary N) is 1. The fourth-order valence-corrected chi connectivity index (χ4v) is 4.73. The summed E-state index contributed by atoms with van der Waals surface area (Å²) in [5.41, 5.74) is 1.61. The van der Waals surface area contributed by atoms with Crippen LogP contribution >= 0.6 is 11.3 Å². The Balaban J connectivity index is 1.63. The molecule has 1 nitrogen and oxygen atoms in total. The standard InChI is InChI=1S/C16H25NS/c1-12(13-6-3-2-4-7-13)17-15-8-5-9-16-14(15)10-11-18-16/h10-13,15,17H,2-9H2,1H3. The first-order valence-corrected chi connectivity index (χ1v) is 8.55. The molecule has 0 saturated heterocycles. The van der Waals surface area contributed by atoms with Crippen LogP contribution in [0.5, 0.6) is 0 Å². The molecule has 2 aliphatic carbocycles. The highest BCUT2D eigenvalue weighted by atomic mass is 32.1. The van der Waals surface area contributed by atoms with Crippen LogP contribution in [0.4, 0.5) is 0 Å². The molecule has 3 rings (SSSR count). The van der Waals surface area contributed by atoms with E-state index in [0.29, 0.717) is 12.1 Å². The Labute approximate surface area is 115 Å². The maximum atomic E-state index is 3.94. The molecule has 0 spiro atoms. The molecule has 1 saturated carbocycles. The Morgan fingerprint density at radius 2 is 2.00 bits per heavy atom. The second-order valence-corrected chi connectivity index (χ2v) is 7.10. The van der Waals surface area contributed by atoms with Gasteiger partial charge in [0, 0.05) is 17.0 Å². The van der Waals surface area contributed by atoms with Crippen LogP contribution in [-0.4, -0.2) is 6.04 Å². The number of thiophene rings is 1. The number of rotatable bonds is 3. The van der Waals surface area contributed by atoms with Crippen molar-refractivity contribution in [2.45, 2.75) is 70.4 Å². The molecule has 100 valence electrons. The number of fused-ring (bicyclic) bond motifs is 1. The number of hydrogen-bond acceptors (Lipinski definition) is 2. The summed E-state index contributed by atoms with van der Waals surface area (Å²) in [4.78, 5) is 1.63. The van der Waals surface area contributed by atoms with Crippen molar-refractivity contribution in [1.29, 1.82) is 0 Å². The highest BCUT2D eigenvalue weighted by molar-refractivity contribution is 7.10. The van der Waals surface area contributed by atoms with E-state index in [-0.39, 0.29) is 0 Å². The lowest BCUT2D eigenvalue weighted by atomic mass is 9.83. The second-order valence-electron chi connectivity index (χ2n) is 6.10. The molecule has 18 heavy (non-hydrogen) atoms. The summed E-state index contributed by atoms with van der Waals surface area (Å²) < 4.78 is 0. The third-order valence-corrected chi connectivity index (χ3v) is 5.87. The molecule has 1 heterocycles. The van der Waals surface area contributed by atoms with E-state index in [1.165, 1.54) is 51.4 Å². The molecule has 2 aliphatic rings. The summed E-state index contributed by atoms with van der Waals surface area (Å²) in [5.74, 6) is 0.919. The van der Waals surface area contributed by atoms with Gasteiger partial charge in [0.1, 0.15) is 0 Å². The predicted octanol–water partition coefficient (Wildman–Crippen LogP) is 4.68. The van der Waals surface area contributed by atoms with Crippen LogP contribution in [0, 0.1) is 5.92 Å². The smallest absolute Gasteiger partial charge is 0.0333 e. The van der Waals surface area contributed by atoms with E-state index in [2.05, 4.69) is 23.7 Å². The van der Waals surface area contributed by atoms with E-state index in [1.807, 2.05) is 11.3 Å². The summed E-state index contributed by atoms with van der Waals surface area (Å²) >= 11 is 1.95. The van der Waals surface area contributed by atoms with Crippen molar-refractivity contribution in [2.24, 2.45) is 5.92 Å². The van der Waals surface area contributed by atoms with Gasteiger partial charge in [-0.15, -0.1) is 11.3 Å². The molecule has 0 radical (unpaired) electrons. The zero-order valence-corrected chi connectivity index (χ0v) is 12.3. The van der Waals surface area contributed by atoms with Crippen LogP contribution in [-0.2, 0) is 6.42 Å². The van der Waals surface area contributed by atoms with Crippen molar-refractivity contribution in [3.05, 3.63) is 21.9 Å². The normalized spacial score (nSPS) is 26.8. The minimum Gasteiger partial charge on any atom is -0.307 e. The van der Waals surface area contributed by atoms with Gasteiger partial charge in [-0.05, 0) is 62.0 Å². The van der Waals surface area contributed by atoms with E-state index in [0.717, 1.165) is 5.92 Å². The molecule has 0 aliphatic heterocycles. The summed E-state index contributed by atoms with van der Waals surface area (Å²) in [7, 11) is 0. The van der Waals surface area contributed by atoms with Crippen molar-refractivity contribution in [1.82, 2.24) is 5.32 Å². The first-order valence-electron chi connectivity index (χ1n) is 7.67. The molecule has 1 N–H and O–H groups in total. The first-order chi connectivity index (χ1) is 8.84. The largest absolute Gasteiger partial charge is 0.307 e. The van der Waals surface area contributed by atoms with Gasteiger partial charge in [-0.25, -0.2) is 0 Å². The summed E-state index contributed by atoms with van der Waals surface area (Å²) in [5, 5.41) is 6.21. The van der Waals surface area contributed by atoms with Crippen molar-refractivity contribution in [3.63, 3.8) is 0 Å². The van der Waals surface area contributed by atoms with Crippen LogP contribution in [0.15, 0.2) is 11.4 Å². The average Bonchev–Trinajstić information content (AvgIpc) is 2.89. The van der Waals surface area contributed by atoms with Crippen molar-refractivity contribution in [2.75, 3.05) is 0 Å². The van der Waals surface area contributed by atoms with Crippen LogP contribution in [0.3, 0.4) is 0 Å². The molecule has 1 aromatic rings. The van der Waals surface area contributed by atoms with Crippen molar-refractivity contribution >= 4 is 11.3 Å². The predicted molar refractivity (Wildman–Crippen MR) is 79.2 cm³/mol. The molecular weight excluding hydrogens is 238 g/mol.